The predicted molar refractivity (Wildman–Crippen MR) is 99.6 cm³/mol. The Kier molecular flexibility index (Phi) is 5.68. The number of halogens is 2. The van der Waals surface area contributed by atoms with Gasteiger partial charge in [0.05, 0.1) is 6.04 Å². The smallest absolute Gasteiger partial charge is 0.223 e. The zero-order valence-electron chi connectivity index (χ0n) is 15.6. The third kappa shape index (κ3) is 4.24. The Morgan fingerprint density at radius 2 is 1.74 bits per heavy atom. The van der Waals surface area contributed by atoms with Crippen LogP contribution in [-0.2, 0) is 17.6 Å². The van der Waals surface area contributed by atoms with Crippen molar-refractivity contribution >= 4 is 11.7 Å². The molecule has 1 aliphatic rings. The molecule has 0 radical (unpaired) electrons. The number of hydrogen-bond donors (Lipinski definition) is 0. The number of carbonyl (C=O) groups excluding carboxylic acids is 2. The highest BCUT2D eigenvalue weighted by molar-refractivity contribution is 5.98. The fraction of sp³-hybridized carbons (Fsp3) is 0.364. The third-order valence-corrected chi connectivity index (χ3v) is 5.39. The van der Waals surface area contributed by atoms with Gasteiger partial charge in [-0.15, -0.1) is 0 Å². The summed E-state index contributed by atoms with van der Waals surface area (Å²) in [5.74, 6) is -2.11. The first-order chi connectivity index (χ1) is 12.9. The maximum absolute atomic E-state index is 13.4. The standard InChI is InChI=1S/C22H23F2NO2/c1-14(16-8-9-19(23)20(24)13-16)25(2)22(27)11-10-21(26)18-7-6-15-4-3-5-17(15)12-18/h6-9,12-14H,3-5,10-11H2,1-2H3. The molecule has 1 amide bonds. The number of ketones is 1. The van der Waals surface area contributed by atoms with Crippen molar-refractivity contribution in [2.75, 3.05) is 7.05 Å². The molecule has 3 rings (SSSR count). The van der Waals surface area contributed by atoms with E-state index in [0.29, 0.717) is 11.1 Å². The average Bonchev–Trinajstić information content (AvgIpc) is 3.14. The highest BCUT2D eigenvalue weighted by Crippen LogP contribution is 2.24. The van der Waals surface area contributed by atoms with Crippen LogP contribution in [0.3, 0.4) is 0 Å². The van der Waals surface area contributed by atoms with E-state index in [2.05, 4.69) is 0 Å². The van der Waals surface area contributed by atoms with E-state index in [0.717, 1.165) is 31.4 Å². The number of Topliss-reactive ketones (excluding diaryl/α,β-unsaturated/α-hetero) is 1. The maximum atomic E-state index is 13.4. The lowest BCUT2D eigenvalue weighted by molar-refractivity contribution is -0.131. The van der Waals surface area contributed by atoms with Crippen LogP contribution in [-0.4, -0.2) is 23.6 Å². The number of nitrogens with zero attached hydrogens (tertiary/aromatic N) is 1. The second-order valence-corrected chi connectivity index (χ2v) is 7.11. The van der Waals surface area contributed by atoms with Crippen molar-refractivity contribution in [3.05, 3.63) is 70.3 Å². The van der Waals surface area contributed by atoms with Crippen LogP contribution in [0, 0.1) is 11.6 Å². The topological polar surface area (TPSA) is 37.4 Å². The van der Waals surface area contributed by atoms with Crippen LogP contribution in [0.1, 0.15) is 59.3 Å². The van der Waals surface area contributed by atoms with E-state index in [1.165, 1.54) is 22.1 Å². The largest absolute Gasteiger partial charge is 0.339 e. The molecule has 2 aromatic carbocycles. The van der Waals surface area contributed by atoms with Crippen molar-refractivity contribution in [2.24, 2.45) is 0 Å². The summed E-state index contributed by atoms with van der Waals surface area (Å²) in [6.45, 7) is 1.74. The number of amides is 1. The van der Waals surface area contributed by atoms with Gasteiger partial charge in [-0.05, 0) is 61.1 Å². The van der Waals surface area contributed by atoms with Gasteiger partial charge in [0.15, 0.2) is 17.4 Å². The minimum absolute atomic E-state index is 0.0491. The number of fused-ring (bicyclic) bond motifs is 1. The van der Waals surface area contributed by atoms with E-state index in [1.54, 1.807) is 14.0 Å². The van der Waals surface area contributed by atoms with Gasteiger partial charge in [0.1, 0.15) is 0 Å². The fourth-order valence-corrected chi connectivity index (χ4v) is 3.50. The van der Waals surface area contributed by atoms with E-state index >= 15 is 0 Å². The van der Waals surface area contributed by atoms with E-state index < -0.39 is 17.7 Å². The summed E-state index contributed by atoms with van der Waals surface area (Å²) in [4.78, 5) is 26.3. The summed E-state index contributed by atoms with van der Waals surface area (Å²) < 4.78 is 26.5. The summed E-state index contributed by atoms with van der Waals surface area (Å²) in [5.41, 5.74) is 3.70. The Hall–Kier alpha value is -2.56. The Bertz CT molecular complexity index is 879. The SMILES string of the molecule is CC(c1ccc(F)c(F)c1)N(C)C(=O)CCC(=O)c1ccc2c(c1)CCC2. The fourth-order valence-electron chi connectivity index (χ4n) is 3.50. The van der Waals surface area contributed by atoms with Gasteiger partial charge in [0.25, 0.3) is 0 Å². The Labute approximate surface area is 158 Å². The predicted octanol–water partition coefficient (Wildman–Crippen LogP) is 4.64. The molecule has 1 unspecified atom stereocenters. The van der Waals surface area contributed by atoms with Gasteiger partial charge in [-0.3, -0.25) is 9.59 Å². The molecule has 1 aliphatic carbocycles. The van der Waals surface area contributed by atoms with Gasteiger partial charge in [0.2, 0.25) is 5.91 Å². The lowest BCUT2D eigenvalue weighted by Gasteiger charge is -2.25. The molecule has 3 nitrogen and oxygen atoms in total. The zero-order valence-corrected chi connectivity index (χ0v) is 15.6. The average molecular weight is 371 g/mol. The summed E-state index contributed by atoms with van der Waals surface area (Å²) in [6.07, 6.45) is 3.41. The third-order valence-electron chi connectivity index (χ3n) is 5.39. The van der Waals surface area contributed by atoms with Crippen molar-refractivity contribution in [1.82, 2.24) is 4.90 Å². The lowest BCUT2D eigenvalue weighted by atomic mass is 10.0. The number of hydrogen-bond acceptors (Lipinski definition) is 2. The summed E-state index contributed by atoms with van der Waals surface area (Å²) in [7, 11) is 1.61. The van der Waals surface area contributed by atoms with E-state index in [1.807, 2.05) is 18.2 Å². The molecule has 142 valence electrons. The Morgan fingerprint density at radius 1 is 1.00 bits per heavy atom. The zero-order chi connectivity index (χ0) is 19.6. The summed E-state index contributed by atoms with van der Waals surface area (Å²) >= 11 is 0. The normalized spacial score (nSPS) is 13.9. The molecule has 0 bridgehead atoms. The molecular weight excluding hydrogens is 348 g/mol. The van der Waals surface area contributed by atoms with Crippen molar-refractivity contribution in [3.8, 4) is 0 Å². The molecule has 0 fully saturated rings. The molecular formula is C22H23F2NO2. The van der Waals surface area contributed by atoms with Gasteiger partial charge in [-0.1, -0.05) is 18.2 Å². The van der Waals surface area contributed by atoms with Gasteiger partial charge < -0.3 is 4.90 Å². The van der Waals surface area contributed by atoms with Crippen molar-refractivity contribution in [3.63, 3.8) is 0 Å². The Morgan fingerprint density at radius 3 is 2.48 bits per heavy atom. The van der Waals surface area contributed by atoms with Gasteiger partial charge in [0, 0.05) is 25.5 Å². The summed E-state index contributed by atoms with van der Waals surface area (Å²) in [5, 5.41) is 0. The first-order valence-electron chi connectivity index (χ1n) is 9.22. The number of rotatable bonds is 6. The molecule has 0 aliphatic heterocycles. The van der Waals surface area contributed by atoms with Gasteiger partial charge >= 0.3 is 0 Å². The van der Waals surface area contributed by atoms with Crippen LogP contribution >= 0.6 is 0 Å². The van der Waals surface area contributed by atoms with Crippen molar-refractivity contribution in [2.45, 2.75) is 45.1 Å². The van der Waals surface area contributed by atoms with Gasteiger partial charge in [-0.2, -0.15) is 0 Å². The lowest BCUT2D eigenvalue weighted by Crippen LogP contribution is -2.30. The van der Waals surface area contributed by atoms with Crippen LogP contribution in [0.25, 0.3) is 0 Å². The molecule has 0 saturated heterocycles. The molecule has 5 heteroatoms. The molecule has 0 N–H and O–H groups in total. The molecule has 2 aromatic rings. The van der Waals surface area contributed by atoms with Crippen LogP contribution in [0.5, 0.6) is 0 Å². The van der Waals surface area contributed by atoms with E-state index in [-0.39, 0.29) is 24.5 Å². The molecule has 0 spiro atoms. The monoisotopic (exact) mass is 371 g/mol. The maximum Gasteiger partial charge on any atom is 0.223 e. The molecule has 0 saturated carbocycles. The van der Waals surface area contributed by atoms with Crippen LogP contribution in [0.4, 0.5) is 8.78 Å². The second kappa shape index (κ2) is 7.99. The van der Waals surface area contributed by atoms with E-state index in [9.17, 15) is 18.4 Å². The quantitative estimate of drug-likeness (QED) is 0.694. The van der Waals surface area contributed by atoms with Crippen molar-refractivity contribution in [1.29, 1.82) is 0 Å². The first kappa shape index (κ1) is 19.2. The molecule has 1 atom stereocenters. The molecule has 0 heterocycles. The number of carbonyl (C=O) groups is 2. The van der Waals surface area contributed by atoms with Crippen molar-refractivity contribution < 1.29 is 18.4 Å². The minimum Gasteiger partial charge on any atom is -0.339 e. The minimum atomic E-state index is -0.938. The number of benzene rings is 2. The van der Waals surface area contributed by atoms with Gasteiger partial charge in [-0.25, -0.2) is 8.78 Å². The van der Waals surface area contributed by atoms with Crippen LogP contribution < -0.4 is 0 Å². The number of aryl methyl sites for hydroxylation is 2. The second-order valence-electron chi connectivity index (χ2n) is 7.11. The highest BCUT2D eigenvalue weighted by Gasteiger charge is 2.20. The summed E-state index contributed by atoms with van der Waals surface area (Å²) in [6, 6.07) is 8.99. The van der Waals surface area contributed by atoms with E-state index in [4.69, 9.17) is 0 Å². The molecule has 0 aromatic heterocycles. The molecule has 27 heavy (non-hydrogen) atoms. The van der Waals surface area contributed by atoms with Crippen LogP contribution in [0.15, 0.2) is 36.4 Å². The Balaban J connectivity index is 1.59. The van der Waals surface area contributed by atoms with Crippen LogP contribution in [0.2, 0.25) is 0 Å². The highest BCUT2D eigenvalue weighted by atomic mass is 19.2. The first-order valence-corrected chi connectivity index (χ1v) is 9.22.